The molecule has 1 aromatic carbocycles. The van der Waals surface area contributed by atoms with E-state index in [4.69, 9.17) is 5.11 Å². The molecule has 0 aliphatic heterocycles. The number of carboxylic acids is 1. The highest BCUT2D eigenvalue weighted by Gasteiger charge is 2.13. The standard InChI is InChI=1S/C13H16N2O2S/c1-9(2)15-11-6-4-3-5-10(11)14-13(15)18-8-7-12(16)17/h3-6,9H,7-8H2,1-2H3,(H,16,17). The highest BCUT2D eigenvalue weighted by atomic mass is 32.2. The van der Waals surface area contributed by atoms with Gasteiger partial charge in [-0.25, -0.2) is 4.98 Å². The Bertz CT molecular complexity index is 563. The number of hydrogen-bond acceptors (Lipinski definition) is 3. The van der Waals surface area contributed by atoms with Gasteiger partial charge in [-0.3, -0.25) is 4.79 Å². The predicted molar refractivity (Wildman–Crippen MR) is 73.1 cm³/mol. The van der Waals surface area contributed by atoms with Crippen LogP contribution in [0.4, 0.5) is 0 Å². The molecule has 0 saturated heterocycles. The molecule has 0 fully saturated rings. The fourth-order valence-electron chi connectivity index (χ4n) is 1.85. The number of aromatic nitrogens is 2. The van der Waals surface area contributed by atoms with Crippen LogP contribution in [0.2, 0.25) is 0 Å². The van der Waals surface area contributed by atoms with Crippen LogP contribution >= 0.6 is 11.8 Å². The van der Waals surface area contributed by atoms with Gasteiger partial charge in [0.2, 0.25) is 0 Å². The maximum Gasteiger partial charge on any atom is 0.304 e. The average Bonchev–Trinajstić information content (AvgIpc) is 2.66. The molecule has 2 aromatic rings. The fourth-order valence-corrected chi connectivity index (χ4v) is 2.92. The minimum absolute atomic E-state index is 0.159. The van der Waals surface area contributed by atoms with Crippen molar-refractivity contribution in [2.75, 3.05) is 5.75 Å². The summed E-state index contributed by atoms with van der Waals surface area (Å²) in [7, 11) is 0. The van der Waals surface area contributed by atoms with Gasteiger partial charge in [0.15, 0.2) is 5.16 Å². The summed E-state index contributed by atoms with van der Waals surface area (Å²) >= 11 is 1.50. The topological polar surface area (TPSA) is 55.1 Å². The van der Waals surface area contributed by atoms with Crippen LogP contribution < -0.4 is 0 Å². The molecule has 18 heavy (non-hydrogen) atoms. The molecule has 96 valence electrons. The van der Waals surface area contributed by atoms with Crippen molar-refractivity contribution in [1.82, 2.24) is 9.55 Å². The summed E-state index contributed by atoms with van der Waals surface area (Å²) < 4.78 is 2.15. The van der Waals surface area contributed by atoms with Gasteiger partial charge in [0.1, 0.15) is 0 Å². The number of carbonyl (C=O) groups is 1. The van der Waals surface area contributed by atoms with Crippen LogP contribution in [0.1, 0.15) is 26.3 Å². The van der Waals surface area contributed by atoms with Crippen molar-refractivity contribution in [1.29, 1.82) is 0 Å². The highest BCUT2D eigenvalue weighted by Crippen LogP contribution is 2.27. The third-order valence-corrected chi connectivity index (χ3v) is 3.58. The number of rotatable bonds is 5. The lowest BCUT2D eigenvalue weighted by Gasteiger charge is -2.12. The van der Waals surface area contributed by atoms with Gasteiger partial charge in [-0.05, 0) is 26.0 Å². The Morgan fingerprint density at radius 3 is 2.83 bits per heavy atom. The molecule has 5 heteroatoms. The lowest BCUT2D eigenvalue weighted by Crippen LogP contribution is -2.03. The Morgan fingerprint density at radius 2 is 2.17 bits per heavy atom. The van der Waals surface area contributed by atoms with Crippen LogP contribution in [0.5, 0.6) is 0 Å². The van der Waals surface area contributed by atoms with E-state index < -0.39 is 5.97 Å². The van der Waals surface area contributed by atoms with E-state index >= 15 is 0 Å². The van der Waals surface area contributed by atoms with Crippen molar-refractivity contribution >= 4 is 28.8 Å². The van der Waals surface area contributed by atoms with Crippen molar-refractivity contribution in [3.63, 3.8) is 0 Å². The van der Waals surface area contributed by atoms with Crippen LogP contribution in [0.3, 0.4) is 0 Å². The third-order valence-electron chi connectivity index (χ3n) is 2.63. The van der Waals surface area contributed by atoms with E-state index in [-0.39, 0.29) is 6.42 Å². The summed E-state index contributed by atoms with van der Waals surface area (Å²) in [6, 6.07) is 8.30. The van der Waals surface area contributed by atoms with Crippen LogP contribution in [-0.2, 0) is 4.79 Å². The first kappa shape index (κ1) is 13.0. The number of benzene rings is 1. The number of imidazole rings is 1. The molecule has 0 unspecified atom stereocenters. The number of nitrogens with zero attached hydrogens (tertiary/aromatic N) is 2. The van der Waals surface area contributed by atoms with Crippen LogP contribution in [0.15, 0.2) is 29.4 Å². The van der Waals surface area contributed by atoms with Gasteiger partial charge in [-0.1, -0.05) is 23.9 Å². The minimum atomic E-state index is -0.769. The zero-order valence-corrected chi connectivity index (χ0v) is 11.3. The summed E-state index contributed by atoms with van der Waals surface area (Å²) in [4.78, 5) is 15.1. The smallest absolute Gasteiger partial charge is 0.304 e. The lowest BCUT2D eigenvalue weighted by atomic mass is 10.3. The molecule has 0 saturated carbocycles. The first-order valence-electron chi connectivity index (χ1n) is 5.91. The molecule has 0 spiro atoms. The summed E-state index contributed by atoms with van der Waals surface area (Å²) in [5.41, 5.74) is 2.06. The zero-order chi connectivity index (χ0) is 13.1. The predicted octanol–water partition coefficient (Wildman–Crippen LogP) is 3.18. The first-order valence-corrected chi connectivity index (χ1v) is 6.89. The number of carboxylic acid groups (broad SMARTS) is 1. The van der Waals surface area contributed by atoms with Crippen molar-refractivity contribution < 1.29 is 9.90 Å². The molecule has 1 N–H and O–H groups in total. The molecular formula is C13H16N2O2S. The molecule has 0 bridgehead atoms. The molecule has 0 radical (unpaired) electrons. The van der Waals surface area contributed by atoms with Gasteiger partial charge in [-0.2, -0.15) is 0 Å². The second-order valence-corrected chi connectivity index (χ2v) is 5.40. The SMILES string of the molecule is CC(C)n1c(SCCC(=O)O)nc2ccccc21. The number of aliphatic carboxylic acids is 1. The lowest BCUT2D eigenvalue weighted by molar-refractivity contribution is -0.136. The van der Waals surface area contributed by atoms with Crippen molar-refractivity contribution in [2.45, 2.75) is 31.5 Å². The first-order chi connectivity index (χ1) is 8.59. The van der Waals surface area contributed by atoms with E-state index in [2.05, 4.69) is 23.4 Å². The average molecular weight is 264 g/mol. The number of thioether (sulfide) groups is 1. The fraction of sp³-hybridized carbons (Fsp3) is 0.385. The van der Waals surface area contributed by atoms with Crippen LogP contribution in [-0.4, -0.2) is 26.4 Å². The molecule has 0 atom stereocenters. The maximum atomic E-state index is 10.5. The summed E-state index contributed by atoms with van der Waals surface area (Å²) in [5, 5.41) is 9.57. The summed E-state index contributed by atoms with van der Waals surface area (Å²) in [6.45, 7) is 4.21. The van der Waals surface area contributed by atoms with Gasteiger partial charge in [0, 0.05) is 11.8 Å². The quantitative estimate of drug-likeness (QED) is 0.843. The van der Waals surface area contributed by atoms with E-state index in [1.54, 1.807) is 0 Å². The van der Waals surface area contributed by atoms with Crippen LogP contribution in [0, 0.1) is 0 Å². The van der Waals surface area contributed by atoms with E-state index in [1.165, 1.54) is 11.8 Å². The van der Waals surface area contributed by atoms with Gasteiger partial charge in [0.05, 0.1) is 17.5 Å². The second kappa shape index (κ2) is 5.44. The molecule has 0 amide bonds. The van der Waals surface area contributed by atoms with Crippen LogP contribution in [0.25, 0.3) is 11.0 Å². The molecule has 0 aliphatic carbocycles. The molecule has 1 aromatic heterocycles. The second-order valence-electron chi connectivity index (χ2n) is 4.34. The van der Waals surface area contributed by atoms with Crippen molar-refractivity contribution in [3.8, 4) is 0 Å². The summed E-state index contributed by atoms with van der Waals surface area (Å²) in [6.07, 6.45) is 0.159. The molecule has 1 heterocycles. The minimum Gasteiger partial charge on any atom is -0.481 e. The number of hydrogen-bond donors (Lipinski definition) is 1. The maximum absolute atomic E-state index is 10.5. The third kappa shape index (κ3) is 2.67. The Labute approximate surface area is 110 Å². The molecule has 2 rings (SSSR count). The normalized spacial score (nSPS) is 11.3. The Kier molecular flexibility index (Phi) is 3.91. The number of fused-ring (bicyclic) bond motifs is 1. The van der Waals surface area contributed by atoms with E-state index in [0.29, 0.717) is 11.8 Å². The Hall–Kier alpha value is -1.49. The summed E-state index contributed by atoms with van der Waals surface area (Å²) in [5.74, 6) is -0.222. The van der Waals surface area contributed by atoms with Crippen molar-refractivity contribution in [2.24, 2.45) is 0 Å². The largest absolute Gasteiger partial charge is 0.481 e. The van der Waals surface area contributed by atoms with E-state index in [9.17, 15) is 4.79 Å². The van der Waals surface area contributed by atoms with Gasteiger partial charge >= 0.3 is 5.97 Å². The van der Waals surface area contributed by atoms with Gasteiger partial charge < -0.3 is 9.67 Å². The molecule has 4 nitrogen and oxygen atoms in total. The monoisotopic (exact) mass is 264 g/mol. The number of para-hydroxylation sites is 2. The Morgan fingerprint density at radius 1 is 1.44 bits per heavy atom. The molecule has 0 aliphatic rings. The van der Waals surface area contributed by atoms with E-state index in [0.717, 1.165) is 16.2 Å². The highest BCUT2D eigenvalue weighted by molar-refractivity contribution is 7.99. The molecular weight excluding hydrogens is 248 g/mol. The Balaban J connectivity index is 2.31. The van der Waals surface area contributed by atoms with E-state index in [1.807, 2.05) is 24.3 Å². The zero-order valence-electron chi connectivity index (χ0n) is 10.5. The van der Waals surface area contributed by atoms with Gasteiger partial charge in [-0.15, -0.1) is 0 Å². The van der Waals surface area contributed by atoms with Gasteiger partial charge in [0.25, 0.3) is 0 Å². The van der Waals surface area contributed by atoms with Crippen molar-refractivity contribution in [3.05, 3.63) is 24.3 Å².